The van der Waals surface area contributed by atoms with E-state index in [2.05, 4.69) is 33.3 Å². The molecular weight excluding hydrogens is 270 g/mol. The Bertz CT molecular complexity index is 291. The van der Waals surface area contributed by atoms with Gasteiger partial charge < -0.3 is 10.1 Å². The fourth-order valence-corrected chi connectivity index (χ4v) is 1.78. The predicted molar refractivity (Wildman–Crippen MR) is 68.5 cm³/mol. The van der Waals surface area contributed by atoms with E-state index in [0.717, 1.165) is 37.2 Å². The third-order valence-electron chi connectivity index (χ3n) is 2.23. The number of halogens is 1. The van der Waals surface area contributed by atoms with Gasteiger partial charge in [0.15, 0.2) is 0 Å². The molecule has 0 bridgehead atoms. The van der Waals surface area contributed by atoms with Crippen LogP contribution in [0.5, 0.6) is 0 Å². The van der Waals surface area contributed by atoms with E-state index in [0.29, 0.717) is 6.04 Å². The molecule has 0 aliphatic heterocycles. The minimum atomic E-state index is 0.424. The molecule has 5 heteroatoms. The maximum absolute atomic E-state index is 5.27. The van der Waals surface area contributed by atoms with Crippen molar-refractivity contribution in [2.45, 2.75) is 32.9 Å². The molecule has 0 amide bonds. The molecule has 1 atom stereocenters. The van der Waals surface area contributed by atoms with Crippen molar-refractivity contribution in [3.8, 4) is 0 Å². The molecule has 1 rings (SSSR count). The molecule has 0 radical (unpaired) electrons. The van der Waals surface area contributed by atoms with Crippen LogP contribution in [0.3, 0.4) is 0 Å². The first-order valence-electron chi connectivity index (χ1n) is 5.71. The second-order valence-corrected chi connectivity index (χ2v) is 4.70. The summed E-state index contributed by atoms with van der Waals surface area (Å²) in [4.78, 5) is 0. The largest absolute Gasteiger partial charge is 0.382 e. The molecule has 0 saturated heterocycles. The summed E-state index contributed by atoms with van der Waals surface area (Å²) in [5.74, 6) is 0. The average molecular weight is 290 g/mol. The third-order valence-corrected chi connectivity index (χ3v) is 2.63. The van der Waals surface area contributed by atoms with Crippen LogP contribution in [0.1, 0.15) is 20.3 Å². The molecule has 1 aromatic heterocycles. The summed E-state index contributed by atoms with van der Waals surface area (Å²) in [6.45, 7) is 7.70. The zero-order valence-electron chi connectivity index (χ0n) is 9.95. The lowest BCUT2D eigenvalue weighted by Crippen LogP contribution is -2.31. The number of nitrogens with zero attached hydrogens (tertiary/aromatic N) is 2. The lowest BCUT2D eigenvalue weighted by molar-refractivity contribution is 0.144. The van der Waals surface area contributed by atoms with Gasteiger partial charge in [0.05, 0.1) is 17.2 Å². The fraction of sp³-hybridized carbons (Fsp3) is 0.727. The number of hydrogen-bond acceptors (Lipinski definition) is 3. The van der Waals surface area contributed by atoms with E-state index in [4.69, 9.17) is 4.74 Å². The van der Waals surface area contributed by atoms with Crippen LogP contribution < -0.4 is 5.32 Å². The number of rotatable bonds is 8. The normalized spacial score (nSPS) is 12.9. The molecule has 1 N–H and O–H groups in total. The molecule has 16 heavy (non-hydrogen) atoms. The highest BCUT2D eigenvalue weighted by Crippen LogP contribution is 2.06. The molecule has 0 aromatic carbocycles. The highest BCUT2D eigenvalue weighted by molar-refractivity contribution is 9.10. The van der Waals surface area contributed by atoms with Gasteiger partial charge in [-0.2, -0.15) is 5.10 Å². The molecular formula is C11H20BrN3O. The van der Waals surface area contributed by atoms with Crippen LogP contribution in [-0.2, 0) is 11.3 Å². The third kappa shape index (κ3) is 5.63. The summed E-state index contributed by atoms with van der Waals surface area (Å²) in [7, 11) is 0. The summed E-state index contributed by atoms with van der Waals surface area (Å²) in [6, 6.07) is 0.424. The Balaban J connectivity index is 2.09. The fourth-order valence-electron chi connectivity index (χ4n) is 1.45. The van der Waals surface area contributed by atoms with Crippen molar-refractivity contribution < 1.29 is 4.74 Å². The molecule has 0 fully saturated rings. The maximum atomic E-state index is 5.27. The van der Waals surface area contributed by atoms with Gasteiger partial charge in [0.2, 0.25) is 0 Å². The van der Waals surface area contributed by atoms with Crippen LogP contribution in [0.2, 0.25) is 0 Å². The van der Waals surface area contributed by atoms with E-state index in [9.17, 15) is 0 Å². The minimum absolute atomic E-state index is 0.424. The standard InChI is InChI=1S/C11H20BrN3O/c1-3-16-6-4-5-13-10(2)8-15-9-11(12)7-14-15/h7,9-10,13H,3-6,8H2,1-2H3. The first kappa shape index (κ1) is 13.7. The summed E-state index contributed by atoms with van der Waals surface area (Å²) in [5.41, 5.74) is 0. The number of aromatic nitrogens is 2. The zero-order chi connectivity index (χ0) is 11.8. The van der Waals surface area contributed by atoms with Gasteiger partial charge >= 0.3 is 0 Å². The van der Waals surface area contributed by atoms with Crippen molar-refractivity contribution in [1.29, 1.82) is 0 Å². The Hall–Kier alpha value is -0.390. The molecule has 4 nitrogen and oxygen atoms in total. The molecule has 92 valence electrons. The van der Waals surface area contributed by atoms with Crippen LogP contribution in [-0.4, -0.2) is 35.6 Å². The van der Waals surface area contributed by atoms with Crippen LogP contribution in [0.25, 0.3) is 0 Å². The summed E-state index contributed by atoms with van der Waals surface area (Å²) >= 11 is 3.38. The predicted octanol–water partition coefficient (Wildman–Crippen LogP) is 2.05. The Morgan fingerprint density at radius 2 is 2.44 bits per heavy atom. The van der Waals surface area contributed by atoms with Crippen molar-refractivity contribution >= 4 is 15.9 Å². The molecule has 0 spiro atoms. The van der Waals surface area contributed by atoms with Gasteiger partial charge in [-0.25, -0.2) is 0 Å². The van der Waals surface area contributed by atoms with Crippen molar-refractivity contribution in [3.05, 3.63) is 16.9 Å². The molecule has 1 aromatic rings. The second-order valence-electron chi connectivity index (χ2n) is 3.79. The van der Waals surface area contributed by atoms with E-state index < -0.39 is 0 Å². The number of hydrogen-bond donors (Lipinski definition) is 1. The Labute approximate surface area is 105 Å². The van der Waals surface area contributed by atoms with Crippen LogP contribution >= 0.6 is 15.9 Å². The Morgan fingerprint density at radius 3 is 3.06 bits per heavy atom. The van der Waals surface area contributed by atoms with Crippen LogP contribution in [0.4, 0.5) is 0 Å². The molecule has 0 aliphatic carbocycles. The van der Waals surface area contributed by atoms with Crippen LogP contribution in [0.15, 0.2) is 16.9 Å². The molecule has 0 saturated carbocycles. The highest BCUT2D eigenvalue weighted by Gasteiger charge is 2.02. The first-order valence-corrected chi connectivity index (χ1v) is 6.50. The van der Waals surface area contributed by atoms with Gasteiger partial charge in [-0.3, -0.25) is 4.68 Å². The van der Waals surface area contributed by atoms with Crippen molar-refractivity contribution in [1.82, 2.24) is 15.1 Å². The maximum Gasteiger partial charge on any atom is 0.0632 e. The second kappa shape index (κ2) is 7.81. The quantitative estimate of drug-likeness (QED) is 0.745. The van der Waals surface area contributed by atoms with E-state index in [-0.39, 0.29) is 0 Å². The van der Waals surface area contributed by atoms with Crippen molar-refractivity contribution in [3.63, 3.8) is 0 Å². The number of ether oxygens (including phenoxy) is 1. The smallest absolute Gasteiger partial charge is 0.0632 e. The first-order chi connectivity index (χ1) is 7.72. The average Bonchev–Trinajstić information content (AvgIpc) is 2.63. The van der Waals surface area contributed by atoms with Crippen molar-refractivity contribution in [2.75, 3.05) is 19.8 Å². The lowest BCUT2D eigenvalue weighted by atomic mass is 10.3. The van der Waals surface area contributed by atoms with E-state index in [1.165, 1.54) is 0 Å². The summed E-state index contributed by atoms with van der Waals surface area (Å²) in [5, 5.41) is 7.66. The zero-order valence-corrected chi connectivity index (χ0v) is 11.5. The van der Waals surface area contributed by atoms with Crippen LogP contribution in [0, 0.1) is 0 Å². The lowest BCUT2D eigenvalue weighted by Gasteiger charge is -2.13. The van der Waals surface area contributed by atoms with E-state index in [1.807, 2.05) is 24.0 Å². The van der Waals surface area contributed by atoms with Crippen molar-refractivity contribution in [2.24, 2.45) is 0 Å². The van der Waals surface area contributed by atoms with Gasteiger partial charge in [0.25, 0.3) is 0 Å². The highest BCUT2D eigenvalue weighted by atomic mass is 79.9. The van der Waals surface area contributed by atoms with Gasteiger partial charge in [0.1, 0.15) is 0 Å². The van der Waals surface area contributed by atoms with Gasteiger partial charge in [-0.05, 0) is 42.7 Å². The minimum Gasteiger partial charge on any atom is -0.382 e. The number of nitrogens with one attached hydrogen (secondary N) is 1. The molecule has 1 heterocycles. The summed E-state index contributed by atoms with van der Waals surface area (Å²) in [6.07, 6.45) is 4.85. The topological polar surface area (TPSA) is 39.1 Å². The Morgan fingerprint density at radius 1 is 1.62 bits per heavy atom. The molecule has 0 aliphatic rings. The van der Waals surface area contributed by atoms with Gasteiger partial charge in [-0.15, -0.1) is 0 Å². The monoisotopic (exact) mass is 289 g/mol. The van der Waals surface area contributed by atoms with E-state index in [1.54, 1.807) is 0 Å². The van der Waals surface area contributed by atoms with Gasteiger partial charge in [-0.1, -0.05) is 0 Å². The SMILES string of the molecule is CCOCCCNC(C)Cn1cc(Br)cn1. The Kier molecular flexibility index (Phi) is 6.68. The van der Waals surface area contributed by atoms with Gasteiger partial charge in [0, 0.05) is 25.5 Å². The van der Waals surface area contributed by atoms with E-state index >= 15 is 0 Å². The summed E-state index contributed by atoms with van der Waals surface area (Å²) < 4.78 is 8.23. The molecule has 1 unspecified atom stereocenters.